The predicted octanol–water partition coefficient (Wildman–Crippen LogP) is 4.86. The van der Waals surface area contributed by atoms with E-state index in [0.717, 1.165) is 5.56 Å². The van der Waals surface area contributed by atoms with Crippen LogP contribution in [0.1, 0.15) is 26.3 Å². The molecule has 2 aromatic rings. The lowest BCUT2D eigenvalue weighted by molar-refractivity contribution is 0.184. The van der Waals surface area contributed by atoms with Gasteiger partial charge in [-0.2, -0.15) is 4.90 Å². The van der Waals surface area contributed by atoms with E-state index in [9.17, 15) is 19.8 Å². The number of carboxylic acid groups (broad SMARTS) is 2. The van der Waals surface area contributed by atoms with E-state index in [4.69, 9.17) is 11.6 Å². The number of imide groups is 1. The smallest absolute Gasteiger partial charge is 0.421 e. The zero-order valence-corrected chi connectivity index (χ0v) is 14.2. The third-order valence-electron chi connectivity index (χ3n) is 3.43. The number of hydrogen-bond acceptors (Lipinski definition) is 3. The standard InChI is InChI=1S/C17H17ClN2O4/c1-17(2,3)11-9-12(10-7-5-4-6-8-10)19-14(18)13(11)20(15(21)22)16(23)24/h4-9H,1-3H3,(H,21,22)(H,23,24). The Morgan fingerprint density at radius 3 is 2.08 bits per heavy atom. The van der Waals surface area contributed by atoms with Crippen molar-refractivity contribution in [2.24, 2.45) is 0 Å². The third-order valence-corrected chi connectivity index (χ3v) is 3.70. The second kappa shape index (κ2) is 6.49. The summed E-state index contributed by atoms with van der Waals surface area (Å²) in [4.78, 5) is 27.2. The molecule has 0 fully saturated rings. The van der Waals surface area contributed by atoms with Crippen molar-refractivity contribution in [1.29, 1.82) is 0 Å². The Balaban J connectivity index is 2.77. The van der Waals surface area contributed by atoms with Crippen molar-refractivity contribution >= 4 is 29.5 Å². The Morgan fingerprint density at radius 2 is 1.62 bits per heavy atom. The Morgan fingerprint density at radius 1 is 1.08 bits per heavy atom. The number of hydrogen-bond donors (Lipinski definition) is 2. The van der Waals surface area contributed by atoms with E-state index in [2.05, 4.69) is 4.98 Å². The van der Waals surface area contributed by atoms with Gasteiger partial charge >= 0.3 is 12.2 Å². The van der Waals surface area contributed by atoms with Crippen molar-refractivity contribution < 1.29 is 19.8 Å². The van der Waals surface area contributed by atoms with Crippen LogP contribution in [-0.4, -0.2) is 27.4 Å². The van der Waals surface area contributed by atoms with E-state index in [0.29, 0.717) is 11.3 Å². The minimum Gasteiger partial charge on any atom is -0.464 e. The zero-order valence-electron chi connectivity index (χ0n) is 13.4. The van der Waals surface area contributed by atoms with Crippen molar-refractivity contribution in [3.63, 3.8) is 0 Å². The molecule has 2 N–H and O–H groups in total. The molecule has 0 radical (unpaired) electrons. The first kappa shape index (κ1) is 17.7. The minimum absolute atomic E-state index is 0.135. The number of halogens is 1. The summed E-state index contributed by atoms with van der Waals surface area (Å²) in [5.41, 5.74) is 1.14. The van der Waals surface area contributed by atoms with Gasteiger partial charge in [0.15, 0.2) is 5.15 Å². The molecule has 126 valence electrons. The topological polar surface area (TPSA) is 90.7 Å². The van der Waals surface area contributed by atoms with Crippen LogP contribution in [0.2, 0.25) is 5.15 Å². The van der Waals surface area contributed by atoms with Gasteiger partial charge < -0.3 is 10.2 Å². The molecule has 0 atom stereocenters. The highest BCUT2D eigenvalue weighted by Crippen LogP contribution is 2.39. The average Bonchev–Trinajstić information content (AvgIpc) is 2.48. The molecular weight excluding hydrogens is 332 g/mol. The first-order valence-electron chi connectivity index (χ1n) is 7.15. The van der Waals surface area contributed by atoms with Crippen LogP contribution in [0.3, 0.4) is 0 Å². The number of rotatable bonds is 2. The largest absolute Gasteiger partial charge is 0.464 e. The average molecular weight is 349 g/mol. The highest BCUT2D eigenvalue weighted by atomic mass is 35.5. The number of nitrogens with zero attached hydrogens (tertiary/aromatic N) is 2. The fourth-order valence-corrected chi connectivity index (χ4v) is 2.60. The van der Waals surface area contributed by atoms with E-state index in [1.54, 1.807) is 6.07 Å². The van der Waals surface area contributed by atoms with E-state index in [-0.39, 0.29) is 15.7 Å². The molecule has 0 aliphatic carbocycles. The maximum atomic E-state index is 11.4. The van der Waals surface area contributed by atoms with Crippen molar-refractivity contribution in [2.45, 2.75) is 26.2 Å². The lowest BCUT2D eigenvalue weighted by Gasteiger charge is -2.27. The van der Waals surface area contributed by atoms with E-state index < -0.39 is 17.6 Å². The predicted molar refractivity (Wildman–Crippen MR) is 91.9 cm³/mol. The molecule has 2 amide bonds. The second-order valence-corrected chi connectivity index (χ2v) is 6.57. The van der Waals surface area contributed by atoms with Crippen LogP contribution in [-0.2, 0) is 5.41 Å². The second-order valence-electron chi connectivity index (χ2n) is 6.21. The Labute approximate surface area is 144 Å². The molecule has 1 heterocycles. The van der Waals surface area contributed by atoms with Gasteiger partial charge in [-0.1, -0.05) is 62.7 Å². The maximum absolute atomic E-state index is 11.4. The number of aromatic nitrogens is 1. The summed E-state index contributed by atoms with van der Waals surface area (Å²) in [6, 6.07) is 10.9. The molecule has 0 spiro atoms. The molecule has 0 saturated heterocycles. The summed E-state index contributed by atoms with van der Waals surface area (Å²) < 4.78 is 0. The minimum atomic E-state index is -1.64. The number of anilines is 1. The Bertz CT molecular complexity index is 771. The maximum Gasteiger partial charge on any atom is 0.421 e. The quantitative estimate of drug-likeness (QED) is 0.756. The van der Waals surface area contributed by atoms with Crippen molar-refractivity contribution in [3.8, 4) is 11.3 Å². The molecule has 0 unspecified atom stereocenters. The molecule has 24 heavy (non-hydrogen) atoms. The summed E-state index contributed by atoms with van der Waals surface area (Å²) in [7, 11) is 0. The highest BCUT2D eigenvalue weighted by molar-refractivity contribution is 6.34. The molecule has 1 aromatic heterocycles. The highest BCUT2D eigenvalue weighted by Gasteiger charge is 2.32. The number of pyridine rings is 1. The van der Waals surface area contributed by atoms with Crippen LogP contribution in [0.15, 0.2) is 36.4 Å². The van der Waals surface area contributed by atoms with Gasteiger partial charge in [-0.15, -0.1) is 0 Å². The first-order chi connectivity index (χ1) is 11.1. The summed E-state index contributed by atoms with van der Waals surface area (Å²) in [5.74, 6) is 0. The molecule has 0 saturated carbocycles. The summed E-state index contributed by atoms with van der Waals surface area (Å²) >= 11 is 6.19. The summed E-state index contributed by atoms with van der Waals surface area (Å²) in [6.45, 7) is 5.54. The fourth-order valence-electron chi connectivity index (χ4n) is 2.32. The van der Waals surface area contributed by atoms with Gasteiger partial charge in [0.05, 0.1) is 11.4 Å². The molecule has 0 aliphatic heterocycles. The molecule has 7 heteroatoms. The lowest BCUT2D eigenvalue weighted by Crippen LogP contribution is -2.36. The van der Waals surface area contributed by atoms with Gasteiger partial charge in [0.1, 0.15) is 0 Å². The van der Waals surface area contributed by atoms with Gasteiger partial charge in [-0.25, -0.2) is 14.6 Å². The lowest BCUT2D eigenvalue weighted by atomic mass is 9.85. The fraction of sp³-hybridized carbons (Fsp3) is 0.235. The SMILES string of the molecule is CC(C)(C)c1cc(-c2ccccc2)nc(Cl)c1N(C(=O)O)C(=O)O. The van der Waals surface area contributed by atoms with Gasteiger partial charge in [0.2, 0.25) is 0 Å². The van der Waals surface area contributed by atoms with E-state index in [1.165, 1.54) is 0 Å². The monoisotopic (exact) mass is 348 g/mol. The molecule has 6 nitrogen and oxygen atoms in total. The van der Waals surface area contributed by atoms with Gasteiger partial charge in [0, 0.05) is 5.56 Å². The van der Waals surface area contributed by atoms with Crippen LogP contribution in [0.25, 0.3) is 11.3 Å². The van der Waals surface area contributed by atoms with E-state index in [1.807, 2.05) is 51.1 Å². The number of amides is 2. The van der Waals surface area contributed by atoms with Gasteiger partial charge in [0.25, 0.3) is 0 Å². The molecule has 1 aromatic carbocycles. The Hall–Kier alpha value is -2.60. The molecule has 0 aliphatic rings. The van der Waals surface area contributed by atoms with Crippen molar-refractivity contribution in [1.82, 2.24) is 4.98 Å². The normalized spacial score (nSPS) is 11.2. The molecular formula is C17H17ClN2O4. The van der Waals surface area contributed by atoms with Crippen LogP contribution in [0.4, 0.5) is 15.3 Å². The van der Waals surface area contributed by atoms with Crippen LogP contribution < -0.4 is 4.90 Å². The number of benzene rings is 1. The Kier molecular flexibility index (Phi) is 4.80. The van der Waals surface area contributed by atoms with Crippen molar-refractivity contribution in [2.75, 3.05) is 4.90 Å². The molecule has 2 rings (SSSR count). The summed E-state index contributed by atoms with van der Waals surface area (Å²) in [6.07, 6.45) is -3.27. The van der Waals surface area contributed by atoms with Crippen LogP contribution in [0.5, 0.6) is 0 Å². The first-order valence-corrected chi connectivity index (χ1v) is 7.53. The van der Waals surface area contributed by atoms with Gasteiger partial charge in [-0.3, -0.25) is 0 Å². The van der Waals surface area contributed by atoms with Crippen LogP contribution in [0, 0.1) is 0 Å². The third kappa shape index (κ3) is 3.49. The van der Waals surface area contributed by atoms with Gasteiger partial charge in [-0.05, 0) is 17.0 Å². The van der Waals surface area contributed by atoms with Crippen LogP contribution >= 0.6 is 11.6 Å². The summed E-state index contributed by atoms with van der Waals surface area (Å²) in [5, 5.41) is 18.3. The zero-order chi connectivity index (χ0) is 18.1. The number of carbonyl (C=O) groups is 2. The molecule has 0 bridgehead atoms. The van der Waals surface area contributed by atoms with E-state index >= 15 is 0 Å². The van der Waals surface area contributed by atoms with Crippen molar-refractivity contribution in [3.05, 3.63) is 47.1 Å².